The number of aromatic nitrogens is 1. The van der Waals surface area contributed by atoms with Gasteiger partial charge in [0.25, 0.3) is 0 Å². The van der Waals surface area contributed by atoms with Crippen molar-refractivity contribution in [2.24, 2.45) is 0 Å². The normalized spacial score (nSPS) is 11.2. The Kier molecular flexibility index (Phi) is 6.08. The van der Waals surface area contributed by atoms with E-state index in [0.29, 0.717) is 23.5 Å². The summed E-state index contributed by atoms with van der Waals surface area (Å²) in [4.78, 5) is 27.6. The highest BCUT2D eigenvalue weighted by atomic mass is 32.1. The molecule has 1 aromatic carbocycles. The Morgan fingerprint density at radius 3 is 2.72 bits per heavy atom. The van der Waals surface area contributed by atoms with Crippen molar-refractivity contribution in [1.82, 2.24) is 10.3 Å². The Balaban J connectivity index is 1.91. The summed E-state index contributed by atoms with van der Waals surface area (Å²) in [6, 6.07) is 6.06. The summed E-state index contributed by atoms with van der Waals surface area (Å²) in [5.74, 6) is -1.18. The number of benzene rings is 1. The van der Waals surface area contributed by atoms with Gasteiger partial charge in [-0.15, -0.1) is 11.3 Å². The Hall–Kier alpha value is -2.48. The zero-order valence-electron chi connectivity index (χ0n) is 14.0. The lowest BCUT2D eigenvalue weighted by atomic mass is 9.99. The lowest BCUT2D eigenvalue weighted by molar-refractivity contribution is -0.137. The van der Waals surface area contributed by atoms with Crippen LogP contribution in [0.25, 0.3) is 0 Å². The zero-order chi connectivity index (χ0) is 18.4. The molecule has 8 heteroatoms. The summed E-state index contributed by atoms with van der Waals surface area (Å²) in [5, 5.41) is 14.5. The smallest absolute Gasteiger partial charge is 0.321 e. The monoisotopic (exact) mass is 365 g/mol. The molecule has 0 unspecified atom stereocenters. The predicted molar refractivity (Wildman–Crippen MR) is 94.4 cm³/mol. The van der Waals surface area contributed by atoms with Crippen molar-refractivity contribution in [1.29, 1.82) is 0 Å². The van der Waals surface area contributed by atoms with Crippen LogP contribution in [0, 0.1) is 5.82 Å². The molecule has 0 saturated carbocycles. The molecule has 25 heavy (non-hydrogen) atoms. The summed E-state index contributed by atoms with van der Waals surface area (Å²) < 4.78 is 13.7. The number of hydrogen-bond donors (Lipinski definition) is 3. The summed E-state index contributed by atoms with van der Waals surface area (Å²) in [6.45, 7) is 3.50. The number of nitrogens with one attached hydrogen (secondary N) is 2. The Morgan fingerprint density at radius 1 is 1.32 bits per heavy atom. The van der Waals surface area contributed by atoms with Gasteiger partial charge in [-0.2, -0.15) is 0 Å². The molecule has 2 aromatic rings. The molecule has 0 spiro atoms. The number of thiazole rings is 1. The molecule has 3 N–H and O–H groups in total. The number of rotatable bonds is 7. The van der Waals surface area contributed by atoms with E-state index in [1.54, 1.807) is 38.2 Å². The van der Waals surface area contributed by atoms with Crippen LogP contribution < -0.4 is 10.6 Å². The number of urea groups is 1. The fraction of sp³-hybridized carbons (Fsp3) is 0.353. The minimum absolute atomic E-state index is 0.0304. The number of nitrogens with zero attached hydrogens (tertiary/aromatic N) is 1. The van der Waals surface area contributed by atoms with Gasteiger partial charge in [-0.25, -0.2) is 14.2 Å². The number of amides is 2. The van der Waals surface area contributed by atoms with Gasteiger partial charge in [0.15, 0.2) is 5.13 Å². The van der Waals surface area contributed by atoms with E-state index in [9.17, 15) is 14.0 Å². The predicted octanol–water partition coefficient (Wildman–Crippen LogP) is 3.64. The van der Waals surface area contributed by atoms with Crippen LogP contribution in [0.1, 0.15) is 37.1 Å². The summed E-state index contributed by atoms with van der Waals surface area (Å²) in [6.07, 6.45) is 2.28. The molecule has 0 radical (unpaired) electrons. The van der Waals surface area contributed by atoms with Gasteiger partial charge in [-0.1, -0.05) is 18.2 Å². The van der Waals surface area contributed by atoms with Crippen LogP contribution in [0.4, 0.5) is 14.3 Å². The van der Waals surface area contributed by atoms with E-state index >= 15 is 0 Å². The first kappa shape index (κ1) is 18.9. The van der Waals surface area contributed by atoms with Crippen LogP contribution in [0.15, 0.2) is 30.5 Å². The molecular formula is C17H20FN3O3S. The first-order valence-electron chi connectivity index (χ1n) is 7.74. The number of anilines is 1. The standard InChI is InChI=1S/C17H20FN3O3S/c1-17(2,8-7-14(22)23)21-15(24)20-16-19-10-12(25-16)9-11-5-3-4-6-13(11)18/h3-6,10H,7-9H2,1-2H3,(H,22,23)(H2,19,20,21,24). The lowest BCUT2D eigenvalue weighted by Gasteiger charge is -2.25. The van der Waals surface area contributed by atoms with Crippen LogP contribution in [0.2, 0.25) is 0 Å². The second-order valence-corrected chi connectivity index (χ2v) is 7.37. The van der Waals surface area contributed by atoms with E-state index in [1.807, 2.05) is 0 Å². The fourth-order valence-corrected chi connectivity index (χ4v) is 3.02. The minimum Gasteiger partial charge on any atom is -0.481 e. The van der Waals surface area contributed by atoms with E-state index in [1.165, 1.54) is 17.4 Å². The molecule has 134 valence electrons. The number of hydrogen-bond acceptors (Lipinski definition) is 4. The SMILES string of the molecule is CC(C)(CCC(=O)O)NC(=O)Nc1ncc(Cc2ccccc2F)s1. The minimum atomic E-state index is -0.909. The van der Waals surface area contributed by atoms with Crippen LogP contribution in [0.3, 0.4) is 0 Å². The third-order valence-corrected chi connectivity index (χ3v) is 4.43. The van der Waals surface area contributed by atoms with Crippen molar-refractivity contribution in [2.45, 2.75) is 38.6 Å². The van der Waals surface area contributed by atoms with E-state index in [-0.39, 0.29) is 12.2 Å². The fourth-order valence-electron chi connectivity index (χ4n) is 2.19. The molecule has 0 bridgehead atoms. The van der Waals surface area contributed by atoms with Gasteiger partial charge < -0.3 is 10.4 Å². The Bertz CT molecular complexity index is 761. The van der Waals surface area contributed by atoms with Crippen LogP contribution in [-0.4, -0.2) is 27.6 Å². The van der Waals surface area contributed by atoms with Gasteiger partial charge in [0, 0.05) is 29.5 Å². The van der Waals surface area contributed by atoms with Gasteiger partial charge in [0.05, 0.1) is 0 Å². The third-order valence-electron chi connectivity index (χ3n) is 3.51. The first-order chi connectivity index (χ1) is 11.7. The van der Waals surface area contributed by atoms with E-state index in [0.717, 1.165) is 4.88 Å². The maximum Gasteiger partial charge on any atom is 0.321 e. The van der Waals surface area contributed by atoms with Crippen LogP contribution in [0.5, 0.6) is 0 Å². The number of halogens is 1. The molecule has 1 heterocycles. The van der Waals surface area contributed by atoms with E-state index in [4.69, 9.17) is 5.11 Å². The summed E-state index contributed by atoms with van der Waals surface area (Å²) in [5.41, 5.74) is -0.0904. The van der Waals surface area contributed by atoms with Gasteiger partial charge in [-0.3, -0.25) is 10.1 Å². The largest absolute Gasteiger partial charge is 0.481 e. The molecule has 0 aliphatic heterocycles. The van der Waals surface area contributed by atoms with Crippen LogP contribution in [-0.2, 0) is 11.2 Å². The van der Waals surface area contributed by atoms with Crippen molar-refractivity contribution in [3.63, 3.8) is 0 Å². The molecule has 0 fully saturated rings. The summed E-state index contributed by atoms with van der Waals surface area (Å²) in [7, 11) is 0. The Labute approximate surface area is 149 Å². The zero-order valence-corrected chi connectivity index (χ0v) is 14.8. The molecule has 6 nitrogen and oxygen atoms in total. The first-order valence-corrected chi connectivity index (χ1v) is 8.56. The molecule has 2 amide bonds. The number of carbonyl (C=O) groups is 2. The molecular weight excluding hydrogens is 345 g/mol. The lowest BCUT2D eigenvalue weighted by Crippen LogP contribution is -2.45. The third kappa shape index (κ3) is 6.15. The number of carboxylic acid groups (broad SMARTS) is 1. The average molecular weight is 365 g/mol. The van der Waals surface area contributed by atoms with Gasteiger partial charge in [0.1, 0.15) is 5.82 Å². The van der Waals surface area contributed by atoms with Gasteiger partial charge >= 0.3 is 12.0 Å². The number of carboxylic acids is 1. The second-order valence-electron chi connectivity index (χ2n) is 6.26. The average Bonchev–Trinajstić information content (AvgIpc) is 2.94. The highest BCUT2D eigenvalue weighted by molar-refractivity contribution is 7.15. The highest BCUT2D eigenvalue weighted by Gasteiger charge is 2.22. The highest BCUT2D eigenvalue weighted by Crippen LogP contribution is 2.22. The Morgan fingerprint density at radius 2 is 2.04 bits per heavy atom. The van der Waals surface area contributed by atoms with Crippen molar-refractivity contribution in [3.05, 3.63) is 46.7 Å². The van der Waals surface area contributed by atoms with Crippen molar-refractivity contribution < 1.29 is 19.1 Å². The maximum absolute atomic E-state index is 13.7. The summed E-state index contributed by atoms with van der Waals surface area (Å²) >= 11 is 1.27. The van der Waals surface area contributed by atoms with Crippen molar-refractivity contribution >= 4 is 28.5 Å². The maximum atomic E-state index is 13.7. The molecule has 0 aliphatic rings. The van der Waals surface area contributed by atoms with Gasteiger partial charge in [0.2, 0.25) is 0 Å². The molecule has 0 aliphatic carbocycles. The second kappa shape index (κ2) is 8.06. The van der Waals surface area contributed by atoms with E-state index in [2.05, 4.69) is 15.6 Å². The number of carbonyl (C=O) groups excluding carboxylic acids is 1. The molecule has 1 aromatic heterocycles. The number of aliphatic carboxylic acids is 1. The molecule has 2 rings (SSSR count). The topological polar surface area (TPSA) is 91.3 Å². The molecule has 0 saturated heterocycles. The van der Waals surface area contributed by atoms with E-state index < -0.39 is 17.5 Å². The molecule has 0 atom stereocenters. The van der Waals surface area contributed by atoms with Crippen molar-refractivity contribution in [3.8, 4) is 0 Å². The van der Waals surface area contributed by atoms with Gasteiger partial charge in [-0.05, 0) is 31.9 Å². The van der Waals surface area contributed by atoms with Crippen LogP contribution >= 0.6 is 11.3 Å². The van der Waals surface area contributed by atoms with Crippen molar-refractivity contribution in [2.75, 3.05) is 5.32 Å². The quantitative estimate of drug-likeness (QED) is 0.699.